The third-order valence-corrected chi connectivity index (χ3v) is 4.51. The molecule has 2 N–H and O–H groups in total. The van der Waals surface area contributed by atoms with Crippen LogP contribution in [-0.2, 0) is 24.4 Å². The molecule has 0 heterocycles. The Morgan fingerprint density at radius 2 is 1.26 bits per heavy atom. The van der Waals surface area contributed by atoms with Gasteiger partial charge in [0.15, 0.2) is 0 Å². The zero-order valence-corrected chi connectivity index (χ0v) is 22.6. The number of carbonyl (C=O) groups is 3. The molecule has 0 spiro atoms. The van der Waals surface area contributed by atoms with Crippen molar-refractivity contribution in [2.75, 3.05) is 11.9 Å². The van der Waals surface area contributed by atoms with E-state index in [1.807, 2.05) is 19.9 Å². The van der Waals surface area contributed by atoms with Gasteiger partial charge in [0.1, 0.15) is 16.8 Å². The predicted octanol–water partition coefficient (Wildman–Crippen LogP) is 5.86. The van der Waals surface area contributed by atoms with E-state index >= 15 is 0 Å². The maximum absolute atomic E-state index is 12.8. The van der Waals surface area contributed by atoms with E-state index in [1.165, 1.54) is 0 Å². The van der Waals surface area contributed by atoms with Gasteiger partial charge in [0, 0.05) is 17.6 Å². The Kier molecular flexibility index (Phi) is 9.17. The summed E-state index contributed by atoms with van der Waals surface area (Å²) >= 11 is 0. The Morgan fingerprint density at radius 1 is 0.765 bits per heavy atom. The summed E-state index contributed by atoms with van der Waals surface area (Å²) in [5.41, 5.74) is -0.586. The van der Waals surface area contributed by atoms with Gasteiger partial charge in [-0.1, -0.05) is 13.0 Å². The monoisotopic (exact) mass is 478 g/mol. The summed E-state index contributed by atoms with van der Waals surface area (Å²) in [7, 11) is 0. The first-order valence-electron chi connectivity index (χ1n) is 11.5. The summed E-state index contributed by atoms with van der Waals surface area (Å²) in [5.74, 6) is -0.397. The molecule has 0 aliphatic heterocycles. The zero-order chi connectivity index (χ0) is 26.5. The van der Waals surface area contributed by atoms with Gasteiger partial charge >= 0.3 is 18.2 Å². The number of anilines is 1. The first-order chi connectivity index (χ1) is 15.2. The molecule has 0 radical (unpaired) electrons. The minimum Gasteiger partial charge on any atom is -0.460 e. The molecule has 1 unspecified atom stereocenters. The summed E-state index contributed by atoms with van der Waals surface area (Å²) in [4.78, 5) is 37.4. The third-order valence-electron chi connectivity index (χ3n) is 4.51. The van der Waals surface area contributed by atoms with Crippen molar-refractivity contribution >= 4 is 23.8 Å². The van der Waals surface area contributed by atoms with Crippen LogP contribution in [-0.4, -0.2) is 41.5 Å². The second-order valence-electron chi connectivity index (χ2n) is 11.8. The molecule has 0 fully saturated rings. The summed E-state index contributed by atoms with van der Waals surface area (Å²) in [5, 5.41) is 5.52. The Labute approximate surface area is 204 Å². The third kappa shape index (κ3) is 10.9. The minimum absolute atomic E-state index is 0.0107. The van der Waals surface area contributed by atoms with Gasteiger partial charge in [-0.3, -0.25) is 10.1 Å². The van der Waals surface area contributed by atoms with Gasteiger partial charge in [-0.05, 0) is 92.5 Å². The van der Waals surface area contributed by atoms with Crippen LogP contribution in [0.4, 0.5) is 15.3 Å². The summed E-state index contributed by atoms with van der Waals surface area (Å²) in [6.45, 7) is 20.0. The highest BCUT2D eigenvalue weighted by Crippen LogP contribution is 2.33. The van der Waals surface area contributed by atoms with Gasteiger partial charge in [0.25, 0.3) is 0 Å². The van der Waals surface area contributed by atoms with Gasteiger partial charge in [-0.2, -0.15) is 0 Å². The molecular formula is C26H42N2O6. The minimum atomic E-state index is -0.838. The lowest BCUT2D eigenvalue weighted by Crippen LogP contribution is -2.43. The highest BCUT2D eigenvalue weighted by molar-refractivity contribution is 5.85. The molecule has 8 heteroatoms. The van der Waals surface area contributed by atoms with Gasteiger partial charge in [-0.25, -0.2) is 9.59 Å². The van der Waals surface area contributed by atoms with Crippen LogP contribution in [0.2, 0.25) is 0 Å². The zero-order valence-electron chi connectivity index (χ0n) is 22.6. The van der Waals surface area contributed by atoms with Gasteiger partial charge < -0.3 is 19.5 Å². The average molecular weight is 479 g/mol. The van der Waals surface area contributed by atoms with Crippen molar-refractivity contribution in [3.8, 4) is 0 Å². The number of esters is 1. The first kappa shape index (κ1) is 29.3. The van der Waals surface area contributed by atoms with E-state index in [-0.39, 0.29) is 13.0 Å². The standard InChI is InChI=1S/C26H42N2O6/c1-17-12-13-18(28-22(31)34-25(8,9)10)14-19(17)26(11,15-20(29)32-23(2,3)4)16-27-21(30)33-24(5,6)7/h12-14H,15-16H2,1-11H3,(H,27,30)(H,28,31). The molecule has 1 atom stereocenters. The molecule has 2 amide bonds. The molecule has 34 heavy (non-hydrogen) atoms. The first-order valence-corrected chi connectivity index (χ1v) is 11.5. The maximum atomic E-state index is 12.8. The van der Waals surface area contributed by atoms with Crippen LogP contribution in [0.25, 0.3) is 0 Å². The number of aryl methyl sites for hydroxylation is 1. The van der Waals surface area contributed by atoms with E-state index in [1.54, 1.807) is 74.4 Å². The highest BCUT2D eigenvalue weighted by atomic mass is 16.6. The molecular weight excluding hydrogens is 436 g/mol. The van der Waals surface area contributed by atoms with Crippen molar-refractivity contribution in [3.05, 3.63) is 29.3 Å². The molecule has 0 aromatic heterocycles. The largest absolute Gasteiger partial charge is 0.460 e. The van der Waals surface area contributed by atoms with E-state index < -0.39 is 40.4 Å². The van der Waals surface area contributed by atoms with Crippen molar-refractivity contribution in [2.45, 2.75) is 105 Å². The summed E-state index contributed by atoms with van der Waals surface area (Å²) in [6, 6.07) is 5.40. The molecule has 1 aromatic rings. The number of nitrogens with one attached hydrogen (secondary N) is 2. The number of carbonyl (C=O) groups excluding carboxylic acids is 3. The number of hydrogen-bond acceptors (Lipinski definition) is 6. The molecule has 0 aliphatic carbocycles. The van der Waals surface area contributed by atoms with Crippen LogP contribution in [0.5, 0.6) is 0 Å². The van der Waals surface area contributed by atoms with Crippen LogP contribution in [0.15, 0.2) is 18.2 Å². The molecule has 0 saturated carbocycles. The Morgan fingerprint density at radius 3 is 1.76 bits per heavy atom. The van der Waals surface area contributed by atoms with Gasteiger partial charge in [-0.15, -0.1) is 0 Å². The molecule has 0 aliphatic rings. The van der Waals surface area contributed by atoms with Gasteiger partial charge in [0.2, 0.25) is 0 Å². The van der Waals surface area contributed by atoms with E-state index in [2.05, 4.69) is 10.6 Å². The number of hydrogen-bond donors (Lipinski definition) is 2. The quantitative estimate of drug-likeness (QED) is 0.392. The molecule has 1 aromatic carbocycles. The highest BCUT2D eigenvalue weighted by Gasteiger charge is 2.35. The molecule has 8 nitrogen and oxygen atoms in total. The average Bonchev–Trinajstić information content (AvgIpc) is 2.56. The predicted molar refractivity (Wildman–Crippen MR) is 133 cm³/mol. The van der Waals surface area contributed by atoms with Crippen molar-refractivity contribution in [2.24, 2.45) is 0 Å². The Balaban J connectivity index is 3.27. The SMILES string of the molecule is Cc1ccc(NC(=O)OC(C)(C)C)cc1C(C)(CNC(=O)OC(C)(C)C)CC(=O)OC(C)(C)C. The maximum Gasteiger partial charge on any atom is 0.412 e. The van der Waals surface area contributed by atoms with Crippen molar-refractivity contribution in [1.82, 2.24) is 5.32 Å². The number of rotatable bonds is 6. The van der Waals surface area contributed by atoms with E-state index in [4.69, 9.17) is 14.2 Å². The Bertz CT molecular complexity index is 890. The Hall–Kier alpha value is -2.77. The topological polar surface area (TPSA) is 103 Å². The number of benzene rings is 1. The van der Waals surface area contributed by atoms with E-state index in [9.17, 15) is 14.4 Å². The fraction of sp³-hybridized carbons (Fsp3) is 0.654. The lowest BCUT2D eigenvalue weighted by atomic mass is 9.77. The lowest BCUT2D eigenvalue weighted by Gasteiger charge is -2.33. The number of ether oxygens (including phenoxy) is 3. The van der Waals surface area contributed by atoms with Crippen LogP contribution in [0.1, 0.15) is 86.8 Å². The fourth-order valence-electron chi connectivity index (χ4n) is 3.30. The number of alkyl carbamates (subject to hydrolysis) is 1. The molecule has 1 rings (SSSR count). The fourth-order valence-corrected chi connectivity index (χ4v) is 3.30. The van der Waals surface area contributed by atoms with Gasteiger partial charge in [0.05, 0.1) is 6.42 Å². The molecule has 0 bridgehead atoms. The van der Waals surface area contributed by atoms with E-state index in [0.717, 1.165) is 11.1 Å². The van der Waals surface area contributed by atoms with Crippen LogP contribution >= 0.6 is 0 Å². The van der Waals surface area contributed by atoms with Crippen molar-refractivity contribution in [1.29, 1.82) is 0 Å². The second-order valence-corrected chi connectivity index (χ2v) is 11.8. The summed E-state index contributed by atoms with van der Waals surface area (Å²) < 4.78 is 16.3. The van der Waals surface area contributed by atoms with Crippen molar-refractivity contribution in [3.63, 3.8) is 0 Å². The van der Waals surface area contributed by atoms with Crippen LogP contribution < -0.4 is 10.6 Å². The van der Waals surface area contributed by atoms with E-state index in [0.29, 0.717) is 5.69 Å². The summed E-state index contributed by atoms with van der Waals surface area (Å²) in [6.07, 6.45) is -1.15. The normalized spacial score (nSPS) is 14.0. The van der Waals surface area contributed by atoms with Crippen LogP contribution in [0, 0.1) is 6.92 Å². The molecule has 0 saturated heterocycles. The lowest BCUT2D eigenvalue weighted by molar-refractivity contribution is -0.156. The van der Waals surface area contributed by atoms with Crippen molar-refractivity contribution < 1.29 is 28.6 Å². The number of amides is 2. The molecule has 192 valence electrons. The second kappa shape index (κ2) is 10.7. The smallest absolute Gasteiger partial charge is 0.412 e. The van der Waals surface area contributed by atoms with Crippen LogP contribution in [0.3, 0.4) is 0 Å².